The van der Waals surface area contributed by atoms with E-state index in [0.717, 1.165) is 10.6 Å². The first-order valence-corrected chi connectivity index (χ1v) is 9.28. The summed E-state index contributed by atoms with van der Waals surface area (Å²) in [5, 5.41) is 21.6. The molecule has 0 unspecified atom stereocenters. The monoisotopic (exact) mass is 398 g/mol. The predicted octanol–water partition coefficient (Wildman–Crippen LogP) is 5.12. The Balaban J connectivity index is 1.76. The van der Waals surface area contributed by atoms with Crippen molar-refractivity contribution in [3.63, 3.8) is 0 Å². The van der Waals surface area contributed by atoms with Crippen LogP contribution in [0.2, 0.25) is 5.02 Å². The van der Waals surface area contributed by atoms with Crippen molar-refractivity contribution in [1.82, 2.24) is 10.2 Å². The van der Waals surface area contributed by atoms with Gasteiger partial charge in [-0.15, -0.1) is 10.2 Å². The van der Waals surface area contributed by atoms with Crippen LogP contribution < -0.4 is 5.32 Å². The maximum Gasteiger partial charge on any atom is 0.268 e. The molecular weight excluding hydrogens is 384 g/mol. The Morgan fingerprint density at radius 3 is 2.63 bits per heavy atom. The van der Waals surface area contributed by atoms with Crippen LogP contribution in [0, 0.1) is 11.3 Å². The number of rotatable bonds is 5. The van der Waals surface area contributed by atoms with Crippen LogP contribution in [-0.4, -0.2) is 16.1 Å². The first-order chi connectivity index (χ1) is 13.0. The maximum absolute atomic E-state index is 12.3. The average Bonchev–Trinajstić information content (AvgIpc) is 3.30. The first kappa shape index (κ1) is 18.8. The highest BCUT2D eigenvalue weighted by molar-refractivity contribution is 7.15. The van der Waals surface area contributed by atoms with Gasteiger partial charge in [-0.1, -0.05) is 36.8 Å². The Labute approximate surface area is 165 Å². The van der Waals surface area contributed by atoms with Gasteiger partial charge in [-0.25, -0.2) is 0 Å². The molecule has 8 heteroatoms. The Hall–Kier alpha value is -2.95. The van der Waals surface area contributed by atoms with Gasteiger partial charge in [0.1, 0.15) is 28.2 Å². The van der Waals surface area contributed by atoms with E-state index in [1.165, 1.54) is 17.4 Å². The van der Waals surface area contributed by atoms with Gasteiger partial charge in [0.05, 0.1) is 0 Å². The minimum atomic E-state index is -0.562. The standard InChI is InChI=1S/C19H15ClN4O2S/c1-11(2)18-23-24-19(27-18)22-17(25)13(10-21)9-15-7-8-16(26-15)12-3-5-14(20)6-4-12/h3-9,11H,1-2H3,(H,22,24,25)/b13-9-. The lowest BCUT2D eigenvalue weighted by atomic mass is 10.2. The summed E-state index contributed by atoms with van der Waals surface area (Å²) in [4.78, 5) is 12.3. The molecule has 2 aromatic heterocycles. The van der Waals surface area contributed by atoms with Gasteiger partial charge >= 0.3 is 0 Å². The molecule has 0 atom stereocenters. The van der Waals surface area contributed by atoms with Crippen molar-refractivity contribution in [2.24, 2.45) is 0 Å². The molecule has 0 saturated carbocycles. The molecule has 27 heavy (non-hydrogen) atoms. The molecular formula is C19H15ClN4O2S. The lowest BCUT2D eigenvalue weighted by Gasteiger charge is -1.99. The molecule has 0 bridgehead atoms. The van der Waals surface area contributed by atoms with E-state index in [9.17, 15) is 10.1 Å². The predicted molar refractivity (Wildman–Crippen MR) is 105 cm³/mol. The molecule has 1 amide bonds. The van der Waals surface area contributed by atoms with Gasteiger partial charge in [-0.05, 0) is 36.4 Å². The highest BCUT2D eigenvalue weighted by atomic mass is 35.5. The van der Waals surface area contributed by atoms with Crippen LogP contribution in [0.25, 0.3) is 17.4 Å². The molecule has 0 aliphatic carbocycles. The van der Waals surface area contributed by atoms with Gasteiger partial charge in [-0.2, -0.15) is 5.26 Å². The molecule has 0 spiro atoms. The summed E-state index contributed by atoms with van der Waals surface area (Å²) in [6.07, 6.45) is 1.39. The highest BCUT2D eigenvalue weighted by Crippen LogP contribution is 2.26. The fraction of sp³-hybridized carbons (Fsp3) is 0.158. The van der Waals surface area contributed by atoms with E-state index in [4.69, 9.17) is 16.0 Å². The van der Waals surface area contributed by atoms with Crippen LogP contribution in [0.4, 0.5) is 5.13 Å². The van der Waals surface area contributed by atoms with Crippen LogP contribution in [0.15, 0.2) is 46.4 Å². The SMILES string of the molecule is CC(C)c1nnc(NC(=O)/C(C#N)=C\c2ccc(-c3ccc(Cl)cc3)o2)s1. The van der Waals surface area contributed by atoms with Gasteiger partial charge in [0.15, 0.2) is 0 Å². The van der Waals surface area contributed by atoms with Crippen molar-refractivity contribution in [3.8, 4) is 17.4 Å². The van der Waals surface area contributed by atoms with Crippen LogP contribution in [0.5, 0.6) is 0 Å². The minimum Gasteiger partial charge on any atom is -0.457 e. The first-order valence-electron chi connectivity index (χ1n) is 8.08. The molecule has 1 aromatic carbocycles. The number of hydrogen-bond acceptors (Lipinski definition) is 6. The van der Waals surface area contributed by atoms with E-state index in [1.807, 2.05) is 32.0 Å². The summed E-state index contributed by atoms with van der Waals surface area (Å²) >= 11 is 7.16. The zero-order valence-corrected chi connectivity index (χ0v) is 16.1. The Bertz CT molecular complexity index is 1030. The summed E-state index contributed by atoms with van der Waals surface area (Å²) in [7, 11) is 0. The van der Waals surface area contributed by atoms with E-state index < -0.39 is 5.91 Å². The quantitative estimate of drug-likeness (QED) is 0.475. The zero-order chi connectivity index (χ0) is 19.4. The third kappa shape index (κ3) is 4.61. The number of furan rings is 1. The number of aromatic nitrogens is 2. The molecule has 0 saturated heterocycles. The topological polar surface area (TPSA) is 91.8 Å². The fourth-order valence-corrected chi connectivity index (χ4v) is 3.04. The second-order valence-electron chi connectivity index (χ2n) is 5.93. The molecule has 2 heterocycles. The molecule has 3 aromatic rings. The average molecular weight is 399 g/mol. The minimum absolute atomic E-state index is 0.0895. The Morgan fingerprint density at radius 1 is 1.26 bits per heavy atom. The van der Waals surface area contributed by atoms with Gasteiger partial charge in [0.2, 0.25) is 5.13 Å². The van der Waals surface area contributed by atoms with Gasteiger partial charge in [-0.3, -0.25) is 10.1 Å². The molecule has 1 N–H and O–H groups in total. The second-order valence-corrected chi connectivity index (χ2v) is 7.38. The number of anilines is 1. The number of carbonyl (C=O) groups excluding carboxylic acids is 1. The third-order valence-corrected chi connectivity index (χ3v) is 4.95. The van der Waals surface area contributed by atoms with Crippen molar-refractivity contribution in [1.29, 1.82) is 5.26 Å². The van der Waals surface area contributed by atoms with E-state index in [2.05, 4.69) is 15.5 Å². The van der Waals surface area contributed by atoms with E-state index in [-0.39, 0.29) is 11.5 Å². The fourth-order valence-electron chi connectivity index (χ4n) is 2.17. The lowest BCUT2D eigenvalue weighted by molar-refractivity contribution is -0.112. The summed E-state index contributed by atoms with van der Waals surface area (Å²) in [5.41, 5.74) is 0.755. The number of nitriles is 1. The van der Waals surface area contributed by atoms with E-state index in [0.29, 0.717) is 21.7 Å². The number of nitrogens with zero attached hydrogens (tertiary/aromatic N) is 3. The normalized spacial score (nSPS) is 11.4. The molecule has 0 radical (unpaired) electrons. The van der Waals surface area contributed by atoms with Crippen LogP contribution in [-0.2, 0) is 4.79 Å². The summed E-state index contributed by atoms with van der Waals surface area (Å²) < 4.78 is 5.70. The van der Waals surface area contributed by atoms with Crippen molar-refractivity contribution in [2.75, 3.05) is 5.32 Å². The number of benzene rings is 1. The zero-order valence-electron chi connectivity index (χ0n) is 14.6. The van der Waals surface area contributed by atoms with Crippen molar-refractivity contribution < 1.29 is 9.21 Å². The number of nitrogens with one attached hydrogen (secondary N) is 1. The summed E-state index contributed by atoms with van der Waals surface area (Å²) in [6, 6.07) is 12.5. The Kier molecular flexibility index (Phi) is 5.69. The lowest BCUT2D eigenvalue weighted by Crippen LogP contribution is -2.13. The van der Waals surface area contributed by atoms with Crippen LogP contribution >= 0.6 is 22.9 Å². The van der Waals surface area contributed by atoms with Crippen molar-refractivity contribution in [2.45, 2.75) is 19.8 Å². The van der Waals surface area contributed by atoms with Crippen molar-refractivity contribution >= 4 is 40.1 Å². The van der Waals surface area contributed by atoms with Gasteiger partial charge < -0.3 is 4.42 Å². The van der Waals surface area contributed by atoms with Crippen LogP contribution in [0.1, 0.15) is 30.5 Å². The summed E-state index contributed by atoms with van der Waals surface area (Å²) in [6.45, 7) is 3.98. The van der Waals surface area contributed by atoms with E-state index in [1.54, 1.807) is 24.3 Å². The number of halogens is 1. The van der Waals surface area contributed by atoms with Gasteiger partial charge in [0.25, 0.3) is 5.91 Å². The van der Waals surface area contributed by atoms with Crippen LogP contribution in [0.3, 0.4) is 0 Å². The number of hydrogen-bond donors (Lipinski definition) is 1. The molecule has 0 fully saturated rings. The molecule has 136 valence electrons. The smallest absolute Gasteiger partial charge is 0.268 e. The molecule has 6 nitrogen and oxygen atoms in total. The van der Waals surface area contributed by atoms with E-state index >= 15 is 0 Å². The molecule has 0 aliphatic heterocycles. The van der Waals surface area contributed by atoms with Crippen molar-refractivity contribution in [3.05, 3.63) is 57.8 Å². The van der Waals surface area contributed by atoms with Gasteiger partial charge in [0, 0.05) is 22.6 Å². The molecule has 3 rings (SSSR count). The third-order valence-electron chi connectivity index (χ3n) is 3.56. The highest BCUT2D eigenvalue weighted by Gasteiger charge is 2.15. The largest absolute Gasteiger partial charge is 0.457 e. The number of amides is 1. The maximum atomic E-state index is 12.3. The second kappa shape index (κ2) is 8.16. The molecule has 0 aliphatic rings. The Morgan fingerprint density at radius 2 is 2.00 bits per heavy atom. The number of carbonyl (C=O) groups is 1. The summed E-state index contributed by atoms with van der Waals surface area (Å²) in [5.74, 6) is 0.662.